The molecule has 2 aromatic heterocycles. The van der Waals surface area contributed by atoms with E-state index in [0.29, 0.717) is 36.8 Å². The molecule has 6 N–H and O–H groups in total. The number of nitrogens with two attached hydrogens (primary N) is 3. The molecule has 9 nitrogen and oxygen atoms in total. The number of pyridine rings is 1. The fraction of sp³-hybridized carbons (Fsp3) is 0.304. The van der Waals surface area contributed by atoms with Crippen molar-refractivity contribution < 1.29 is 9.53 Å². The maximum absolute atomic E-state index is 13.2. The zero-order chi connectivity index (χ0) is 22.5. The molecule has 3 aromatic rings. The van der Waals surface area contributed by atoms with Crippen molar-refractivity contribution in [2.24, 2.45) is 5.73 Å². The van der Waals surface area contributed by atoms with Gasteiger partial charge in [-0.15, -0.1) is 0 Å². The van der Waals surface area contributed by atoms with Crippen LogP contribution in [0.1, 0.15) is 21.6 Å². The Morgan fingerprint density at radius 2 is 1.78 bits per heavy atom. The minimum atomic E-state index is -0.259. The highest BCUT2D eigenvalue weighted by Crippen LogP contribution is 2.27. The van der Waals surface area contributed by atoms with Gasteiger partial charge in [0.25, 0.3) is 0 Å². The summed E-state index contributed by atoms with van der Waals surface area (Å²) < 4.78 is 5.44. The number of hydrogen-bond acceptors (Lipinski definition) is 9. The SMILES string of the molecule is NCCc1ccc(-c2cnc(N)c(C(=O)Cc3c(N4CCOCC4)ccnc3N)n2)cc1. The van der Waals surface area contributed by atoms with E-state index in [1.165, 1.54) is 0 Å². The summed E-state index contributed by atoms with van der Waals surface area (Å²) in [4.78, 5) is 28.3. The van der Waals surface area contributed by atoms with Crippen molar-refractivity contribution in [1.82, 2.24) is 15.0 Å². The first-order valence-electron chi connectivity index (χ1n) is 10.6. The Hall–Kier alpha value is -3.56. The van der Waals surface area contributed by atoms with Crippen LogP contribution in [0.15, 0.2) is 42.7 Å². The number of ketones is 1. The zero-order valence-electron chi connectivity index (χ0n) is 17.8. The van der Waals surface area contributed by atoms with Crippen molar-refractivity contribution in [3.8, 4) is 11.3 Å². The summed E-state index contributed by atoms with van der Waals surface area (Å²) in [5.74, 6) is 0.153. The van der Waals surface area contributed by atoms with Gasteiger partial charge in [-0.2, -0.15) is 0 Å². The minimum Gasteiger partial charge on any atom is -0.383 e. The first-order valence-corrected chi connectivity index (χ1v) is 10.6. The maximum atomic E-state index is 13.2. The highest BCUT2D eigenvalue weighted by Gasteiger charge is 2.22. The number of rotatable bonds is 7. The third-order valence-corrected chi connectivity index (χ3v) is 5.50. The van der Waals surface area contributed by atoms with Crippen LogP contribution in [0.2, 0.25) is 0 Å². The van der Waals surface area contributed by atoms with Crippen LogP contribution in [0.25, 0.3) is 11.3 Å². The number of ether oxygens (including phenoxy) is 1. The largest absolute Gasteiger partial charge is 0.383 e. The van der Waals surface area contributed by atoms with Crippen LogP contribution in [0.3, 0.4) is 0 Å². The lowest BCUT2D eigenvalue weighted by atomic mass is 10.0. The van der Waals surface area contributed by atoms with Gasteiger partial charge in [0.05, 0.1) is 25.1 Å². The van der Waals surface area contributed by atoms with E-state index in [-0.39, 0.29) is 23.7 Å². The van der Waals surface area contributed by atoms with Crippen molar-refractivity contribution in [3.63, 3.8) is 0 Å². The van der Waals surface area contributed by atoms with Crippen LogP contribution < -0.4 is 22.1 Å². The molecule has 1 saturated heterocycles. The molecule has 4 rings (SSSR count). The number of aromatic nitrogens is 3. The van der Waals surface area contributed by atoms with Crippen molar-refractivity contribution >= 4 is 23.1 Å². The number of nitrogens with zero attached hydrogens (tertiary/aromatic N) is 4. The van der Waals surface area contributed by atoms with Gasteiger partial charge in [-0.1, -0.05) is 24.3 Å². The summed E-state index contributed by atoms with van der Waals surface area (Å²) >= 11 is 0. The van der Waals surface area contributed by atoms with Crippen LogP contribution in [0.5, 0.6) is 0 Å². The van der Waals surface area contributed by atoms with E-state index in [9.17, 15) is 4.79 Å². The smallest absolute Gasteiger partial charge is 0.189 e. The highest BCUT2D eigenvalue weighted by molar-refractivity contribution is 6.01. The van der Waals surface area contributed by atoms with Gasteiger partial charge in [0.1, 0.15) is 11.5 Å². The molecule has 0 unspecified atom stereocenters. The first kappa shape index (κ1) is 21.7. The normalized spacial score (nSPS) is 13.8. The molecule has 32 heavy (non-hydrogen) atoms. The number of morpholine rings is 1. The lowest BCUT2D eigenvalue weighted by molar-refractivity contribution is 0.0989. The second-order valence-corrected chi connectivity index (χ2v) is 7.62. The van der Waals surface area contributed by atoms with Gasteiger partial charge < -0.3 is 26.8 Å². The summed E-state index contributed by atoms with van der Waals surface area (Å²) in [6, 6.07) is 9.74. The number of anilines is 3. The summed E-state index contributed by atoms with van der Waals surface area (Å²) in [6.45, 7) is 3.29. The molecule has 1 aliphatic rings. The summed E-state index contributed by atoms with van der Waals surface area (Å²) in [6.07, 6.45) is 4.05. The van der Waals surface area contributed by atoms with Gasteiger partial charge in [-0.05, 0) is 24.6 Å². The predicted octanol–water partition coefficient (Wildman–Crippen LogP) is 1.47. The molecule has 9 heteroatoms. The molecule has 0 aliphatic carbocycles. The Labute approximate surface area is 186 Å². The van der Waals surface area contributed by atoms with Gasteiger partial charge in [-0.25, -0.2) is 15.0 Å². The van der Waals surface area contributed by atoms with E-state index >= 15 is 0 Å². The summed E-state index contributed by atoms with van der Waals surface area (Å²) in [5.41, 5.74) is 22.0. The molecule has 0 saturated carbocycles. The third kappa shape index (κ3) is 4.68. The van der Waals surface area contributed by atoms with E-state index in [1.807, 2.05) is 30.3 Å². The number of Topliss-reactive ketones (excluding diaryl/α,β-unsaturated/α-hetero) is 1. The topological polar surface area (TPSA) is 146 Å². The lowest BCUT2D eigenvalue weighted by Gasteiger charge is -2.30. The number of benzene rings is 1. The van der Waals surface area contributed by atoms with Crippen LogP contribution in [0, 0.1) is 0 Å². The second kappa shape index (κ2) is 9.71. The maximum Gasteiger partial charge on any atom is 0.189 e. The molecule has 1 aliphatic heterocycles. The Morgan fingerprint density at radius 1 is 1.03 bits per heavy atom. The lowest BCUT2D eigenvalue weighted by Crippen LogP contribution is -2.37. The number of hydrogen-bond donors (Lipinski definition) is 3. The van der Waals surface area contributed by atoms with E-state index < -0.39 is 0 Å². The predicted molar refractivity (Wildman–Crippen MR) is 124 cm³/mol. The average molecular weight is 434 g/mol. The van der Waals surface area contributed by atoms with Gasteiger partial charge in [0.2, 0.25) is 0 Å². The van der Waals surface area contributed by atoms with Gasteiger partial charge in [-0.3, -0.25) is 4.79 Å². The Balaban J connectivity index is 1.61. The van der Waals surface area contributed by atoms with Crippen LogP contribution in [0.4, 0.5) is 17.3 Å². The molecule has 3 heterocycles. The van der Waals surface area contributed by atoms with Crippen molar-refractivity contribution in [2.45, 2.75) is 12.8 Å². The molecule has 1 fully saturated rings. The average Bonchev–Trinajstić information content (AvgIpc) is 2.82. The van der Waals surface area contributed by atoms with Gasteiger partial charge in [0, 0.05) is 42.5 Å². The van der Waals surface area contributed by atoms with E-state index in [1.54, 1.807) is 12.4 Å². The number of nitrogen functional groups attached to an aromatic ring is 2. The fourth-order valence-electron chi connectivity index (χ4n) is 3.78. The Morgan fingerprint density at radius 3 is 2.50 bits per heavy atom. The molecular weight excluding hydrogens is 406 g/mol. The van der Waals surface area contributed by atoms with Crippen molar-refractivity contribution in [1.29, 1.82) is 0 Å². The second-order valence-electron chi connectivity index (χ2n) is 7.62. The Kier molecular flexibility index (Phi) is 6.58. The molecule has 0 atom stereocenters. The molecule has 0 bridgehead atoms. The standard InChI is InChI=1S/C23H27N7O2/c24-7-5-15-1-3-16(4-2-15)18-14-28-23(26)21(29-18)20(31)13-17-19(6-8-27-22(17)25)30-9-11-32-12-10-30/h1-4,6,8,14H,5,7,9-13,24H2,(H2,25,27)(H2,26,28). The van der Waals surface area contributed by atoms with Crippen LogP contribution in [-0.2, 0) is 17.6 Å². The van der Waals surface area contributed by atoms with Crippen LogP contribution >= 0.6 is 0 Å². The van der Waals surface area contributed by atoms with E-state index in [2.05, 4.69) is 19.9 Å². The van der Waals surface area contributed by atoms with Crippen molar-refractivity contribution in [2.75, 3.05) is 49.2 Å². The molecule has 0 radical (unpaired) electrons. The number of carbonyl (C=O) groups excluding carboxylic acids is 1. The summed E-state index contributed by atoms with van der Waals surface area (Å²) in [5, 5.41) is 0. The molecule has 0 spiro atoms. The van der Waals surface area contributed by atoms with E-state index in [0.717, 1.165) is 36.3 Å². The van der Waals surface area contributed by atoms with E-state index in [4.69, 9.17) is 21.9 Å². The van der Waals surface area contributed by atoms with Gasteiger partial charge >= 0.3 is 0 Å². The van der Waals surface area contributed by atoms with Gasteiger partial charge in [0.15, 0.2) is 11.6 Å². The zero-order valence-corrected chi connectivity index (χ0v) is 17.8. The third-order valence-electron chi connectivity index (χ3n) is 5.50. The van der Waals surface area contributed by atoms with Crippen LogP contribution in [-0.4, -0.2) is 53.6 Å². The molecule has 1 aromatic carbocycles. The molecular formula is C23H27N7O2. The minimum absolute atomic E-state index is 0.0319. The number of carbonyl (C=O) groups is 1. The quantitative estimate of drug-likeness (QED) is 0.471. The summed E-state index contributed by atoms with van der Waals surface area (Å²) in [7, 11) is 0. The highest BCUT2D eigenvalue weighted by atomic mass is 16.5. The monoisotopic (exact) mass is 433 g/mol. The van der Waals surface area contributed by atoms with Crippen molar-refractivity contribution in [3.05, 3.63) is 59.5 Å². The molecule has 166 valence electrons. The Bertz CT molecular complexity index is 1100. The fourth-order valence-corrected chi connectivity index (χ4v) is 3.78. The first-order chi connectivity index (χ1) is 15.6. The molecule has 0 amide bonds.